The van der Waals surface area contributed by atoms with E-state index in [0.29, 0.717) is 19.2 Å². The summed E-state index contributed by atoms with van der Waals surface area (Å²) < 4.78 is 11.4. The van der Waals surface area contributed by atoms with Crippen LogP contribution < -0.4 is 20.1 Å². The monoisotopic (exact) mass is 400 g/mol. The lowest BCUT2D eigenvalue weighted by atomic mass is 10.1. The lowest BCUT2D eigenvalue weighted by Crippen LogP contribution is -2.39. The minimum Gasteiger partial charge on any atom is -0.490 e. The van der Waals surface area contributed by atoms with Gasteiger partial charge in [0.15, 0.2) is 17.5 Å². The number of aliphatic hydroxyl groups excluding tert-OH is 1. The quantitative estimate of drug-likeness (QED) is 0.419. The molecule has 1 aromatic heterocycles. The number of aromatic nitrogens is 1. The number of guanidine groups is 1. The Hall–Kier alpha value is -2.80. The summed E-state index contributed by atoms with van der Waals surface area (Å²) in [6.45, 7) is 10.1. The first-order chi connectivity index (χ1) is 14.1. The minimum absolute atomic E-state index is 0.0132. The van der Waals surface area contributed by atoms with Crippen LogP contribution in [0.25, 0.3) is 0 Å². The molecule has 0 fully saturated rings. The Kier molecular flexibility index (Phi) is 9.24. The van der Waals surface area contributed by atoms with E-state index < -0.39 is 6.10 Å². The fraction of sp³-hybridized carbons (Fsp3) is 0.455. The second kappa shape index (κ2) is 11.9. The van der Waals surface area contributed by atoms with Crippen molar-refractivity contribution in [2.24, 2.45) is 4.99 Å². The lowest BCUT2D eigenvalue weighted by Gasteiger charge is -2.20. The zero-order valence-electron chi connectivity index (χ0n) is 17.7. The van der Waals surface area contributed by atoms with E-state index in [1.807, 2.05) is 39.0 Å². The van der Waals surface area contributed by atoms with Crippen molar-refractivity contribution in [3.63, 3.8) is 0 Å². The third-order valence-electron chi connectivity index (χ3n) is 4.28. The van der Waals surface area contributed by atoms with Gasteiger partial charge >= 0.3 is 0 Å². The average Bonchev–Trinajstić information content (AvgIpc) is 2.74. The third kappa shape index (κ3) is 6.94. The van der Waals surface area contributed by atoms with Gasteiger partial charge in [0.1, 0.15) is 0 Å². The molecule has 7 heteroatoms. The second-order valence-corrected chi connectivity index (χ2v) is 6.45. The number of aliphatic hydroxyl groups is 1. The van der Waals surface area contributed by atoms with E-state index >= 15 is 0 Å². The zero-order valence-corrected chi connectivity index (χ0v) is 17.7. The smallest absolute Gasteiger partial charge is 0.191 e. The van der Waals surface area contributed by atoms with Crippen molar-refractivity contribution < 1.29 is 14.6 Å². The third-order valence-corrected chi connectivity index (χ3v) is 4.28. The van der Waals surface area contributed by atoms with Crippen LogP contribution in [0.4, 0.5) is 0 Å². The normalized spacial score (nSPS) is 13.5. The standard InChI is InChI=1S/C22H32N4O3/c1-5-24-22(25-15-19(27)17-10-12-23-13-11-17)26-16(4)18-8-9-20(28-6-2)21(14-18)29-7-3/h8-14,16,19,27H,5-7,15H2,1-4H3,(H2,24,25,26). The van der Waals surface area contributed by atoms with E-state index in [-0.39, 0.29) is 12.6 Å². The Labute approximate surface area is 173 Å². The highest BCUT2D eigenvalue weighted by molar-refractivity contribution is 5.80. The Morgan fingerprint density at radius 1 is 1.03 bits per heavy atom. The van der Waals surface area contributed by atoms with E-state index in [1.54, 1.807) is 24.5 Å². The molecule has 29 heavy (non-hydrogen) atoms. The molecule has 7 nitrogen and oxygen atoms in total. The minimum atomic E-state index is -0.682. The van der Waals surface area contributed by atoms with Crippen molar-refractivity contribution in [2.75, 3.05) is 26.3 Å². The predicted octanol–water partition coefficient (Wildman–Crippen LogP) is 3.23. The van der Waals surface area contributed by atoms with Crippen molar-refractivity contribution in [1.82, 2.24) is 15.6 Å². The van der Waals surface area contributed by atoms with Gasteiger partial charge < -0.3 is 25.2 Å². The molecule has 0 saturated heterocycles. The van der Waals surface area contributed by atoms with Crippen LogP contribution in [0, 0.1) is 0 Å². The summed E-state index contributed by atoms with van der Waals surface area (Å²) in [4.78, 5) is 8.50. The molecule has 1 heterocycles. The second-order valence-electron chi connectivity index (χ2n) is 6.45. The van der Waals surface area contributed by atoms with Gasteiger partial charge in [-0.2, -0.15) is 0 Å². The van der Waals surface area contributed by atoms with Crippen LogP contribution >= 0.6 is 0 Å². The highest BCUT2D eigenvalue weighted by Gasteiger charge is 2.13. The number of ether oxygens (including phenoxy) is 2. The van der Waals surface area contributed by atoms with Crippen molar-refractivity contribution in [2.45, 2.75) is 39.8 Å². The van der Waals surface area contributed by atoms with E-state index in [4.69, 9.17) is 9.47 Å². The van der Waals surface area contributed by atoms with Crippen LogP contribution in [0.3, 0.4) is 0 Å². The predicted molar refractivity (Wildman–Crippen MR) is 116 cm³/mol. The van der Waals surface area contributed by atoms with E-state index in [9.17, 15) is 5.11 Å². The van der Waals surface area contributed by atoms with Crippen molar-refractivity contribution >= 4 is 5.96 Å². The highest BCUT2D eigenvalue weighted by Crippen LogP contribution is 2.30. The number of nitrogens with one attached hydrogen (secondary N) is 2. The van der Waals surface area contributed by atoms with Crippen LogP contribution in [0.15, 0.2) is 47.7 Å². The van der Waals surface area contributed by atoms with Crippen molar-refractivity contribution in [1.29, 1.82) is 0 Å². The molecule has 0 aliphatic rings. The summed E-state index contributed by atoms with van der Waals surface area (Å²) in [6, 6.07) is 9.50. The summed E-state index contributed by atoms with van der Waals surface area (Å²) in [5.41, 5.74) is 1.85. The molecule has 3 N–H and O–H groups in total. The Balaban J connectivity index is 2.10. The Bertz CT molecular complexity index is 768. The molecule has 0 amide bonds. The fourth-order valence-electron chi connectivity index (χ4n) is 2.81. The van der Waals surface area contributed by atoms with Crippen LogP contribution in [-0.4, -0.2) is 42.4 Å². The van der Waals surface area contributed by atoms with Gasteiger partial charge in [0.2, 0.25) is 0 Å². The van der Waals surface area contributed by atoms with Crippen molar-refractivity contribution in [3.05, 3.63) is 53.9 Å². The average molecular weight is 401 g/mol. The first-order valence-corrected chi connectivity index (χ1v) is 10.1. The van der Waals surface area contributed by atoms with Crippen LogP contribution in [-0.2, 0) is 0 Å². The molecular formula is C22H32N4O3. The van der Waals surface area contributed by atoms with Crippen molar-refractivity contribution in [3.8, 4) is 11.5 Å². The lowest BCUT2D eigenvalue weighted by molar-refractivity contribution is 0.187. The van der Waals surface area contributed by atoms with Gasteiger partial charge in [0, 0.05) is 18.9 Å². The van der Waals surface area contributed by atoms with Gasteiger partial charge in [0.25, 0.3) is 0 Å². The Morgan fingerprint density at radius 3 is 2.38 bits per heavy atom. The molecule has 0 spiro atoms. The van der Waals surface area contributed by atoms with E-state index in [1.165, 1.54) is 0 Å². The number of benzene rings is 1. The topological polar surface area (TPSA) is 88.0 Å². The summed E-state index contributed by atoms with van der Waals surface area (Å²) >= 11 is 0. The number of aliphatic imine (C=N–C) groups is 1. The fourth-order valence-corrected chi connectivity index (χ4v) is 2.81. The molecule has 158 valence electrons. The highest BCUT2D eigenvalue weighted by atomic mass is 16.5. The van der Waals surface area contributed by atoms with Gasteiger partial charge in [-0.15, -0.1) is 0 Å². The van der Waals surface area contributed by atoms with Gasteiger partial charge in [0.05, 0.1) is 31.9 Å². The number of pyridine rings is 1. The van der Waals surface area contributed by atoms with Gasteiger partial charge in [-0.25, -0.2) is 0 Å². The molecule has 0 aliphatic heterocycles. The van der Waals surface area contributed by atoms with E-state index in [2.05, 4.69) is 27.5 Å². The molecule has 0 bridgehead atoms. The number of rotatable bonds is 10. The maximum atomic E-state index is 10.3. The molecule has 2 unspecified atom stereocenters. The number of hydrogen-bond acceptors (Lipinski definition) is 5. The van der Waals surface area contributed by atoms with Gasteiger partial charge in [-0.05, 0) is 63.1 Å². The van der Waals surface area contributed by atoms with E-state index in [0.717, 1.165) is 29.2 Å². The Morgan fingerprint density at radius 2 is 1.72 bits per heavy atom. The molecule has 2 aromatic rings. The van der Waals surface area contributed by atoms with Crippen LogP contribution in [0.1, 0.15) is 51.0 Å². The zero-order chi connectivity index (χ0) is 21.1. The molecular weight excluding hydrogens is 368 g/mol. The summed E-state index contributed by atoms with van der Waals surface area (Å²) in [5, 5.41) is 16.9. The molecule has 0 radical (unpaired) electrons. The van der Waals surface area contributed by atoms with Crippen LogP contribution in [0.2, 0.25) is 0 Å². The van der Waals surface area contributed by atoms with Crippen LogP contribution in [0.5, 0.6) is 11.5 Å². The molecule has 2 atom stereocenters. The maximum absolute atomic E-state index is 10.3. The molecule has 2 rings (SSSR count). The molecule has 1 aromatic carbocycles. The summed E-state index contributed by atoms with van der Waals surface area (Å²) in [5.74, 6) is 2.11. The maximum Gasteiger partial charge on any atom is 0.191 e. The first kappa shape index (κ1) is 22.5. The van der Waals surface area contributed by atoms with Gasteiger partial charge in [-0.1, -0.05) is 6.07 Å². The summed E-state index contributed by atoms with van der Waals surface area (Å²) in [7, 11) is 0. The SMILES string of the molecule is CCNC(=NCC(O)c1ccncc1)NC(C)c1ccc(OCC)c(OCC)c1. The summed E-state index contributed by atoms with van der Waals surface area (Å²) in [6.07, 6.45) is 2.64. The largest absolute Gasteiger partial charge is 0.490 e. The number of nitrogens with zero attached hydrogens (tertiary/aromatic N) is 2. The molecule has 0 aliphatic carbocycles. The number of hydrogen-bond donors (Lipinski definition) is 3. The van der Waals surface area contributed by atoms with Gasteiger partial charge in [-0.3, -0.25) is 9.98 Å². The first-order valence-electron chi connectivity index (χ1n) is 10.1. The molecule has 0 saturated carbocycles.